The van der Waals surface area contributed by atoms with Crippen molar-refractivity contribution < 1.29 is 4.39 Å². The van der Waals surface area contributed by atoms with Gasteiger partial charge in [-0.1, -0.05) is 12.8 Å². The lowest BCUT2D eigenvalue weighted by atomic mass is 10.2. The fraction of sp³-hybridized carbons (Fsp3) is 0.400. The first-order valence-corrected chi connectivity index (χ1v) is 7.24. The molecule has 0 atom stereocenters. The second kappa shape index (κ2) is 7.41. The van der Waals surface area contributed by atoms with Gasteiger partial charge in [-0.05, 0) is 25.0 Å². The van der Waals surface area contributed by atoms with Crippen molar-refractivity contribution in [2.24, 2.45) is 10.8 Å². The van der Waals surface area contributed by atoms with Crippen molar-refractivity contribution in [3.05, 3.63) is 24.0 Å². The van der Waals surface area contributed by atoms with Crippen LogP contribution in [0.4, 0.5) is 15.8 Å². The molecule has 1 aliphatic heterocycles. The Morgan fingerprint density at radius 3 is 2.55 bits per heavy atom. The molecule has 0 aromatic heterocycles. The minimum Gasteiger partial charge on any atom is -0.382 e. The van der Waals surface area contributed by atoms with Crippen LogP contribution in [0.3, 0.4) is 0 Å². The summed E-state index contributed by atoms with van der Waals surface area (Å²) in [6.45, 7) is 1.73. The maximum absolute atomic E-state index is 14.3. The number of benzene rings is 1. The van der Waals surface area contributed by atoms with Crippen LogP contribution in [0, 0.1) is 22.6 Å². The molecule has 0 spiro atoms. The van der Waals surface area contributed by atoms with Crippen molar-refractivity contribution >= 4 is 22.9 Å². The van der Waals surface area contributed by atoms with Gasteiger partial charge in [-0.2, -0.15) is 10.4 Å². The molecule has 1 aliphatic rings. The van der Waals surface area contributed by atoms with Gasteiger partial charge in [-0.25, -0.2) is 4.39 Å². The molecular weight excluding hydrogens is 283 g/mol. The molecule has 0 bridgehead atoms. The molecule has 1 aromatic rings. The van der Waals surface area contributed by atoms with Gasteiger partial charge in [0.05, 0.1) is 11.4 Å². The zero-order chi connectivity index (χ0) is 15.9. The monoisotopic (exact) mass is 302 g/mol. The van der Waals surface area contributed by atoms with E-state index in [1.54, 1.807) is 18.2 Å². The van der Waals surface area contributed by atoms with Gasteiger partial charge in [-0.15, -0.1) is 0 Å². The second-order valence-electron chi connectivity index (χ2n) is 5.17. The summed E-state index contributed by atoms with van der Waals surface area (Å²) in [6, 6.07) is 6.43. The van der Waals surface area contributed by atoms with E-state index in [2.05, 4.69) is 15.4 Å². The van der Waals surface area contributed by atoms with Gasteiger partial charge in [0.15, 0.2) is 5.84 Å². The van der Waals surface area contributed by atoms with Crippen LogP contribution in [0.25, 0.3) is 0 Å². The molecule has 116 valence electrons. The largest absolute Gasteiger partial charge is 0.382 e. The van der Waals surface area contributed by atoms with Crippen LogP contribution >= 0.6 is 0 Å². The predicted molar refractivity (Wildman–Crippen MR) is 85.7 cm³/mol. The summed E-state index contributed by atoms with van der Waals surface area (Å²) in [5.41, 5.74) is 8.49. The van der Waals surface area contributed by atoms with E-state index in [-0.39, 0.29) is 11.5 Å². The summed E-state index contributed by atoms with van der Waals surface area (Å²) in [4.78, 5) is 2.06. The van der Waals surface area contributed by atoms with Crippen molar-refractivity contribution in [1.82, 2.24) is 0 Å². The number of hydrogen-bond donors (Lipinski definition) is 3. The first-order valence-electron chi connectivity index (χ1n) is 7.24. The van der Waals surface area contributed by atoms with E-state index < -0.39 is 5.84 Å². The second-order valence-corrected chi connectivity index (χ2v) is 5.17. The lowest BCUT2D eigenvalue weighted by Crippen LogP contribution is -2.24. The fourth-order valence-corrected chi connectivity index (χ4v) is 2.41. The van der Waals surface area contributed by atoms with Crippen molar-refractivity contribution in [2.75, 3.05) is 23.4 Å². The Labute approximate surface area is 128 Å². The average molecular weight is 302 g/mol. The van der Waals surface area contributed by atoms with Crippen LogP contribution in [0.1, 0.15) is 25.7 Å². The average Bonchev–Trinajstić information content (AvgIpc) is 2.76. The van der Waals surface area contributed by atoms with Crippen molar-refractivity contribution in [1.29, 1.82) is 10.7 Å². The van der Waals surface area contributed by atoms with E-state index >= 15 is 0 Å². The van der Waals surface area contributed by atoms with Gasteiger partial charge in [0.2, 0.25) is 5.71 Å². The van der Waals surface area contributed by atoms with E-state index in [0.29, 0.717) is 11.4 Å². The van der Waals surface area contributed by atoms with Gasteiger partial charge in [0.25, 0.3) is 0 Å². The van der Waals surface area contributed by atoms with Crippen molar-refractivity contribution in [2.45, 2.75) is 25.7 Å². The quantitative estimate of drug-likeness (QED) is 0.451. The topological polar surface area (TPSA) is 101 Å². The fourth-order valence-electron chi connectivity index (χ4n) is 2.41. The molecule has 7 heteroatoms. The Balaban J connectivity index is 2.12. The standard InChI is InChI=1S/C15H19FN6/c16-12-9-11(20-21-13(10-17)15(18)19)5-6-14(12)22-7-3-1-2-4-8-22/h5-6,9,20H,1-4,7-8H2,(H3,18,19)/b21-13+. The van der Waals surface area contributed by atoms with Crippen LogP contribution in [0.2, 0.25) is 0 Å². The van der Waals surface area contributed by atoms with Crippen LogP contribution in [-0.2, 0) is 0 Å². The lowest BCUT2D eigenvalue weighted by Gasteiger charge is -2.23. The van der Waals surface area contributed by atoms with Crippen LogP contribution in [0.5, 0.6) is 0 Å². The molecule has 1 fully saturated rings. The maximum Gasteiger partial charge on any atom is 0.201 e. The molecule has 0 saturated carbocycles. The Morgan fingerprint density at radius 2 is 2.00 bits per heavy atom. The summed E-state index contributed by atoms with van der Waals surface area (Å²) in [7, 11) is 0. The molecule has 0 radical (unpaired) electrons. The first kappa shape index (κ1) is 15.8. The molecule has 1 saturated heterocycles. The smallest absolute Gasteiger partial charge is 0.201 e. The number of hydrazone groups is 1. The number of nitrogens with one attached hydrogen (secondary N) is 2. The molecular formula is C15H19FN6. The summed E-state index contributed by atoms with van der Waals surface area (Å²) in [5.74, 6) is -0.764. The number of hydrogen-bond acceptors (Lipinski definition) is 5. The van der Waals surface area contributed by atoms with E-state index in [4.69, 9.17) is 16.4 Å². The van der Waals surface area contributed by atoms with Gasteiger partial charge in [-0.3, -0.25) is 10.8 Å². The van der Waals surface area contributed by atoms with Gasteiger partial charge in [0.1, 0.15) is 11.9 Å². The minimum atomic E-state index is -0.434. The molecule has 1 aromatic carbocycles. The zero-order valence-electron chi connectivity index (χ0n) is 12.3. The highest BCUT2D eigenvalue weighted by Gasteiger charge is 2.14. The van der Waals surface area contributed by atoms with Crippen LogP contribution in [0.15, 0.2) is 23.3 Å². The third-order valence-electron chi connectivity index (χ3n) is 3.55. The van der Waals surface area contributed by atoms with Crippen LogP contribution < -0.4 is 16.1 Å². The van der Waals surface area contributed by atoms with E-state index in [0.717, 1.165) is 25.9 Å². The molecule has 22 heavy (non-hydrogen) atoms. The SMILES string of the molecule is N#C/C(=N\Nc1ccc(N2CCCCCC2)c(F)c1)C(=N)N. The van der Waals surface area contributed by atoms with Gasteiger partial charge < -0.3 is 10.6 Å². The minimum absolute atomic E-state index is 0.239. The van der Waals surface area contributed by atoms with Gasteiger partial charge in [0, 0.05) is 19.2 Å². The maximum atomic E-state index is 14.3. The number of halogens is 1. The number of nitriles is 1. The molecule has 0 unspecified atom stereocenters. The Kier molecular flexibility index (Phi) is 5.31. The summed E-state index contributed by atoms with van der Waals surface area (Å²) in [6.07, 6.45) is 4.53. The highest BCUT2D eigenvalue weighted by molar-refractivity contribution is 6.45. The summed E-state index contributed by atoms with van der Waals surface area (Å²) < 4.78 is 14.3. The van der Waals surface area contributed by atoms with E-state index in [1.165, 1.54) is 18.9 Å². The molecule has 4 N–H and O–H groups in total. The molecule has 6 nitrogen and oxygen atoms in total. The van der Waals surface area contributed by atoms with Crippen molar-refractivity contribution in [3.63, 3.8) is 0 Å². The third-order valence-corrected chi connectivity index (χ3v) is 3.55. The number of amidine groups is 1. The first-order chi connectivity index (χ1) is 10.6. The Bertz CT molecular complexity index is 611. The number of anilines is 2. The van der Waals surface area contributed by atoms with Crippen molar-refractivity contribution in [3.8, 4) is 6.07 Å². The number of nitrogens with zero attached hydrogens (tertiary/aromatic N) is 3. The molecule has 1 heterocycles. The summed E-state index contributed by atoms with van der Waals surface area (Å²) >= 11 is 0. The zero-order valence-corrected chi connectivity index (χ0v) is 12.3. The molecule has 2 rings (SSSR count). The highest BCUT2D eigenvalue weighted by atomic mass is 19.1. The highest BCUT2D eigenvalue weighted by Crippen LogP contribution is 2.25. The molecule has 0 amide bonds. The number of rotatable bonds is 4. The summed E-state index contributed by atoms with van der Waals surface area (Å²) in [5, 5.41) is 19.6. The van der Waals surface area contributed by atoms with E-state index in [9.17, 15) is 4.39 Å². The third kappa shape index (κ3) is 3.95. The predicted octanol–water partition coefficient (Wildman–Crippen LogP) is 2.43. The molecule has 0 aliphatic carbocycles. The van der Waals surface area contributed by atoms with Crippen LogP contribution in [-0.4, -0.2) is 24.6 Å². The van der Waals surface area contributed by atoms with E-state index in [1.807, 2.05) is 0 Å². The number of nitrogens with two attached hydrogens (primary N) is 1. The lowest BCUT2D eigenvalue weighted by molar-refractivity contribution is 0.617. The Hall–Kier alpha value is -2.62. The van der Waals surface area contributed by atoms with Gasteiger partial charge >= 0.3 is 0 Å². The normalized spacial score (nSPS) is 15.8. The Morgan fingerprint density at radius 1 is 1.32 bits per heavy atom.